The molecule has 0 aliphatic carbocycles. The maximum absolute atomic E-state index is 15.0. The highest BCUT2D eigenvalue weighted by atomic mass is 19.1. The van der Waals surface area contributed by atoms with Crippen molar-refractivity contribution in [1.29, 1.82) is 0 Å². The summed E-state index contributed by atoms with van der Waals surface area (Å²) in [5, 5.41) is 6.54. The Morgan fingerprint density at radius 1 is 1.08 bits per heavy atom. The van der Waals surface area contributed by atoms with Crippen molar-refractivity contribution in [3.63, 3.8) is 0 Å². The van der Waals surface area contributed by atoms with Crippen molar-refractivity contribution in [3.8, 4) is 11.1 Å². The molecule has 8 nitrogen and oxygen atoms in total. The van der Waals surface area contributed by atoms with Gasteiger partial charge in [-0.2, -0.15) is 9.49 Å². The van der Waals surface area contributed by atoms with Crippen molar-refractivity contribution >= 4 is 22.9 Å². The molecule has 1 saturated heterocycles. The SMILES string of the molecule is Cc1cn2cc(-c3cc(NC(=O)c4cnn(C(C)(C)C)c4F)c(F)cc3C)cc(N3CCOCC3)c2n1. The molecule has 10 heteroatoms. The number of nitrogens with one attached hydrogen (secondary N) is 1. The van der Waals surface area contributed by atoms with Crippen LogP contribution in [0.2, 0.25) is 0 Å². The summed E-state index contributed by atoms with van der Waals surface area (Å²) in [7, 11) is 0. The molecule has 0 spiro atoms. The minimum Gasteiger partial charge on any atom is -0.378 e. The van der Waals surface area contributed by atoms with E-state index in [-0.39, 0.29) is 11.3 Å². The number of ether oxygens (including phenoxy) is 1. The quantitative estimate of drug-likeness (QED) is 0.423. The molecule has 1 aliphatic heterocycles. The average molecular weight is 509 g/mol. The topological polar surface area (TPSA) is 76.7 Å². The third kappa shape index (κ3) is 4.69. The lowest BCUT2D eigenvalue weighted by molar-refractivity contribution is 0.102. The molecule has 3 aromatic heterocycles. The normalized spacial score (nSPS) is 14.4. The summed E-state index contributed by atoms with van der Waals surface area (Å²) in [5.74, 6) is -2.14. The number of pyridine rings is 1. The summed E-state index contributed by atoms with van der Waals surface area (Å²) in [6.45, 7) is 11.8. The van der Waals surface area contributed by atoms with Crippen LogP contribution >= 0.6 is 0 Å². The molecule has 0 unspecified atom stereocenters. The van der Waals surface area contributed by atoms with Crippen molar-refractivity contribution in [2.45, 2.75) is 40.2 Å². The fourth-order valence-electron chi connectivity index (χ4n) is 4.61. The number of carbonyl (C=O) groups is 1. The molecule has 5 rings (SSSR count). The lowest BCUT2D eigenvalue weighted by atomic mass is 10.00. The van der Waals surface area contributed by atoms with Crippen LogP contribution in [0.25, 0.3) is 16.8 Å². The third-order valence-electron chi connectivity index (χ3n) is 6.47. The van der Waals surface area contributed by atoms with E-state index in [1.165, 1.54) is 6.07 Å². The number of amides is 1. The van der Waals surface area contributed by atoms with Crippen LogP contribution in [0.4, 0.5) is 20.2 Å². The molecular weight excluding hydrogens is 478 g/mol. The average Bonchev–Trinajstić information content (AvgIpc) is 3.42. The van der Waals surface area contributed by atoms with E-state index in [1.54, 1.807) is 26.8 Å². The Labute approximate surface area is 213 Å². The highest BCUT2D eigenvalue weighted by molar-refractivity contribution is 6.04. The largest absolute Gasteiger partial charge is 0.378 e. The lowest BCUT2D eigenvalue weighted by Gasteiger charge is -2.29. The van der Waals surface area contributed by atoms with Gasteiger partial charge >= 0.3 is 0 Å². The van der Waals surface area contributed by atoms with Crippen LogP contribution < -0.4 is 10.2 Å². The maximum atomic E-state index is 15.0. The van der Waals surface area contributed by atoms with Crippen LogP contribution in [0.5, 0.6) is 0 Å². The third-order valence-corrected chi connectivity index (χ3v) is 6.47. The molecule has 4 heterocycles. The van der Waals surface area contributed by atoms with Gasteiger partial charge in [0.25, 0.3) is 5.91 Å². The fourth-order valence-corrected chi connectivity index (χ4v) is 4.61. The number of aromatic nitrogens is 4. The monoisotopic (exact) mass is 508 g/mol. The number of aryl methyl sites for hydroxylation is 2. The van der Waals surface area contributed by atoms with Gasteiger partial charge in [0.2, 0.25) is 5.95 Å². The van der Waals surface area contributed by atoms with Gasteiger partial charge in [0.05, 0.1) is 42.0 Å². The smallest absolute Gasteiger partial charge is 0.262 e. The lowest BCUT2D eigenvalue weighted by Crippen LogP contribution is -2.36. The predicted octanol–water partition coefficient (Wildman–Crippen LogP) is 4.94. The van der Waals surface area contributed by atoms with E-state index in [9.17, 15) is 13.6 Å². The summed E-state index contributed by atoms with van der Waals surface area (Å²) in [5.41, 5.74) is 4.02. The molecule has 0 bridgehead atoms. The molecule has 0 atom stereocenters. The van der Waals surface area contributed by atoms with E-state index in [1.807, 2.05) is 36.7 Å². The Morgan fingerprint density at radius 3 is 2.49 bits per heavy atom. The molecule has 37 heavy (non-hydrogen) atoms. The van der Waals surface area contributed by atoms with Gasteiger partial charge in [-0.1, -0.05) is 0 Å². The number of anilines is 2. The number of imidazole rings is 1. The van der Waals surface area contributed by atoms with Crippen LogP contribution in [0, 0.1) is 25.6 Å². The first kappa shape index (κ1) is 24.9. The Kier molecular flexibility index (Phi) is 6.23. The van der Waals surface area contributed by atoms with E-state index < -0.39 is 23.2 Å². The van der Waals surface area contributed by atoms with Gasteiger partial charge in [0.1, 0.15) is 11.4 Å². The zero-order valence-electron chi connectivity index (χ0n) is 21.6. The Balaban J connectivity index is 1.54. The molecule has 1 aromatic carbocycles. The van der Waals surface area contributed by atoms with E-state index in [2.05, 4.69) is 15.3 Å². The van der Waals surface area contributed by atoms with Crippen LogP contribution in [0.3, 0.4) is 0 Å². The van der Waals surface area contributed by atoms with Gasteiger partial charge in [-0.25, -0.2) is 14.1 Å². The number of nitrogens with zero attached hydrogens (tertiary/aromatic N) is 5. The molecular formula is C27H30F2N6O2. The van der Waals surface area contributed by atoms with Crippen LogP contribution in [0.1, 0.15) is 42.4 Å². The van der Waals surface area contributed by atoms with E-state index in [0.29, 0.717) is 18.8 Å². The molecule has 1 aliphatic rings. The van der Waals surface area contributed by atoms with Crippen molar-refractivity contribution in [1.82, 2.24) is 19.2 Å². The second-order valence-electron chi connectivity index (χ2n) is 10.4. The maximum Gasteiger partial charge on any atom is 0.262 e. The number of halogens is 2. The van der Waals surface area contributed by atoms with Crippen molar-refractivity contribution < 1.29 is 18.3 Å². The molecule has 0 radical (unpaired) electrons. The van der Waals surface area contributed by atoms with Gasteiger partial charge in [0.15, 0.2) is 5.65 Å². The van der Waals surface area contributed by atoms with Gasteiger partial charge in [0, 0.05) is 31.0 Å². The van der Waals surface area contributed by atoms with Crippen LogP contribution in [0.15, 0.2) is 36.8 Å². The first-order valence-corrected chi connectivity index (χ1v) is 12.2. The van der Waals surface area contributed by atoms with Crippen molar-refractivity contribution in [2.24, 2.45) is 0 Å². The van der Waals surface area contributed by atoms with E-state index in [0.717, 1.165) is 52.1 Å². The first-order chi connectivity index (χ1) is 17.5. The first-order valence-electron chi connectivity index (χ1n) is 12.2. The summed E-state index contributed by atoms with van der Waals surface area (Å²) in [4.78, 5) is 19.8. The second-order valence-corrected chi connectivity index (χ2v) is 10.4. The summed E-state index contributed by atoms with van der Waals surface area (Å²) >= 11 is 0. The zero-order valence-corrected chi connectivity index (χ0v) is 21.6. The highest BCUT2D eigenvalue weighted by Crippen LogP contribution is 2.34. The number of fused-ring (bicyclic) bond motifs is 1. The van der Waals surface area contributed by atoms with Crippen molar-refractivity contribution in [3.05, 3.63) is 65.4 Å². The van der Waals surface area contributed by atoms with Crippen LogP contribution in [-0.4, -0.2) is 51.4 Å². The van der Waals surface area contributed by atoms with E-state index >= 15 is 0 Å². The Hall–Kier alpha value is -3.79. The number of morpholine rings is 1. The Bertz CT molecular complexity index is 1500. The standard InChI is InChI=1S/C27H30F2N6O2/c1-16-10-21(28)22(32-26(36)20-13-30-35(24(20)29)27(3,4)5)12-19(16)18-11-23(33-6-8-37-9-7-33)25-31-17(2)14-34(25)15-18/h10-15H,6-9H2,1-5H3,(H,32,36). The number of carbonyl (C=O) groups excluding carboxylic acids is 1. The van der Waals surface area contributed by atoms with Gasteiger partial charge in [-0.3, -0.25) is 4.79 Å². The summed E-state index contributed by atoms with van der Waals surface area (Å²) < 4.78 is 38.5. The summed E-state index contributed by atoms with van der Waals surface area (Å²) in [6, 6.07) is 4.99. The molecule has 4 aromatic rings. The Morgan fingerprint density at radius 2 is 1.81 bits per heavy atom. The molecule has 1 N–H and O–H groups in total. The molecule has 1 amide bonds. The second kappa shape index (κ2) is 9.26. The van der Waals surface area contributed by atoms with Gasteiger partial charge < -0.3 is 19.4 Å². The summed E-state index contributed by atoms with van der Waals surface area (Å²) in [6.07, 6.45) is 5.05. The van der Waals surface area contributed by atoms with Crippen molar-refractivity contribution in [2.75, 3.05) is 36.5 Å². The number of hydrogen-bond donors (Lipinski definition) is 1. The minimum absolute atomic E-state index is 0.0386. The minimum atomic E-state index is -0.770. The number of benzene rings is 1. The van der Waals surface area contributed by atoms with E-state index in [4.69, 9.17) is 9.72 Å². The molecule has 194 valence electrons. The molecule has 0 saturated carbocycles. The number of hydrogen-bond acceptors (Lipinski definition) is 5. The fraction of sp³-hybridized carbons (Fsp3) is 0.370. The number of rotatable bonds is 4. The van der Waals surface area contributed by atoms with Gasteiger partial charge in [-0.05, 0) is 63.9 Å². The zero-order chi connectivity index (χ0) is 26.5. The van der Waals surface area contributed by atoms with Crippen LogP contribution in [-0.2, 0) is 10.3 Å². The highest BCUT2D eigenvalue weighted by Gasteiger charge is 2.25. The predicted molar refractivity (Wildman–Crippen MR) is 138 cm³/mol. The molecule has 1 fully saturated rings. The van der Waals surface area contributed by atoms with Gasteiger partial charge in [-0.15, -0.1) is 0 Å².